The second-order valence-electron chi connectivity index (χ2n) is 7.91. The number of ether oxygens (including phenoxy) is 2. The molecular weight excluding hydrogens is 394 g/mol. The maximum atomic E-state index is 12.5. The Morgan fingerprint density at radius 3 is 2.72 bits per heavy atom. The molecule has 0 spiro atoms. The van der Waals surface area contributed by atoms with Gasteiger partial charge in [-0.3, -0.25) is 9.59 Å². The van der Waals surface area contributed by atoms with Crippen LogP contribution >= 0.6 is 11.8 Å². The summed E-state index contributed by atoms with van der Waals surface area (Å²) in [5, 5.41) is 19.5. The van der Waals surface area contributed by atoms with Gasteiger partial charge in [0.2, 0.25) is 0 Å². The van der Waals surface area contributed by atoms with Gasteiger partial charge >= 0.3 is 11.9 Å². The van der Waals surface area contributed by atoms with Gasteiger partial charge in [-0.05, 0) is 45.1 Å². The third kappa shape index (κ3) is 8.50. The maximum Gasteiger partial charge on any atom is 0.321 e. The van der Waals surface area contributed by atoms with E-state index in [0.29, 0.717) is 0 Å². The smallest absolute Gasteiger partial charge is 0.321 e. The summed E-state index contributed by atoms with van der Waals surface area (Å²) in [6.45, 7) is 7.47. The maximum absolute atomic E-state index is 12.5. The molecule has 4 N–H and O–H groups in total. The zero-order valence-corrected chi connectivity index (χ0v) is 18.8. The molecule has 7 nitrogen and oxygen atoms in total. The van der Waals surface area contributed by atoms with Crippen LogP contribution in [0, 0.1) is 5.92 Å². The summed E-state index contributed by atoms with van der Waals surface area (Å²) in [6, 6.07) is -1.08. The lowest BCUT2D eigenvalue weighted by atomic mass is 9.95. The quantitative estimate of drug-likeness (QED) is 0.451. The molecule has 1 aliphatic heterocycles. The van der Waals surface area contributed by atoms with Crippen molar-refractivity contribution in [3.05, 3.63) is 23.8 Å². The summed E-state index contributed by atoms with van der Waals surface area (Å²) < 4.78 is 11.1. The Hall–Kier alpha value is -1.35. The highest BCUT2D eigenvalue weighted by molar-refractivity contribution is 8.00. The van der Waals surface area contributed by atoms with Crippen LogP contribution in [0.2, 0.25) is 0 Å². The van der Waals surface area contributed by atoms with E-state index in [1.165, 1.54) is 0 Å². The molecule has 1 heterocycles. The van der Waals surface area contributed by atoms with Gasteiger partial charge in [0.25, 0.3) is 0 Å². The van der Waals surface area contributed by atoms with Crippen molar-refractivity contribution in [1.29, 1.82) is 0 Å². The number of carbonyl (C=O) groups is 2. The van der Waals surface area contributed by atoms with E-state index in [0.717, 1.165) is 30.2 Å². The summed E-state index contributed by atoms with van der Waals surface area (Å²) in [5.41, 5.74) is 5.25. The second-order valence-corrected chi connectivity index (χ2v) is 9.15. The van der Waals surface area contributed by atoms with Gasteiger partial charge in [0.05, 0.1) is 18.1 Å². The van der Waals surface area contributed by atoms with Crippen LogP contribution < -0.4 is 5.73 Å². The van der Waals surface area contributed by atoms with Crippen molar-refractivity contribution in [2.45, 2.75) is 76.1 Å². The molecule has 29 heavy (non-hydrogen) atoms. The van der Waals surface area contributed by atoms with Crippen molar-refractivity contribution in [2.24, 2.45) is 11.7 Å². The molecule has 0 saturated carbocycles. The summed E-state index contributed by atoms with van der Waals surface area (Å²) in [7, 11) is 1.60. The molecule has 166 valence electrons. The number of rotatable bonds is 5. The fourth-order valence-corrected chi connectivity index (χ4v) is 4.23. The van der Waals surface area contributed by atoms with E-state index < -0.39 is 28.8 Å². The van der Waals surface area contributed by atoms with Gasteiger partial charge < -0.3 is 25.4 Å². The van der Waals surface area contributed by atoms with Crippen molar-refractivity contribution in [1.82, 2.24) is 0 Å². The van der Waals surface area contributed by atoms with Crippen LogP contribution in [0.25, 0.3) is 0 Å². The number of thioether (sulfide) groups is 1. The largest absolute Gasteiger partial charge is 0.480 e. The lowest BCUT2D eigenvalue weighted by Gasteiger charge is -2.31. The number of cyclic esters (lactones) is 1. The van der Waals surface area contributed by atoms with Crippen molar-refractivity contribution >= 4 is 23.7 Å². The number of esters is 1. The third-order valence-electron chi connectivity index (χ3n) is 5.32. The van der Waals surface area contributed by atoms with Crippen LogP contribution in [0.3, 0.4) is 0 Å². The fourth-order valence-electron chi connectivity index (χ4n) is 2.98. The second kappa shape index (κ2) is 11.7. The first-order valence-corrected chi connectivity index (χ1v) is 10.9. The highest BCUT2D eigenvalue weighted by atomic mass is 32.2. The van der Waals surface area contributed by atoms with Crippen LogP contribution in [0.15, 0.2) is 23.8 Å². The highest BCUT2D eigenvalue weighted by Gasteiger charge is 2.34. The minimum atomic E-state index is -1.39. The lowest BCUT2D eigenvalue weighted by Crippen LogP contribution is -2.40. The van der Waals surface area contributed by atoms with Gasteiger partial charge in [-0.15, -0.1) is 0 Å². The van der Waals surface area contributed by atoms with Gasteiger partial charge in [0, 0.05) is 18.1 Å². The van der Waals surface area contributed by atoms with Crippen molar-refractivity contribution in [3.8, 4) is 0 Å². The Morgan fingerprint density at radius 1 is 1.48 bits per heavy atom. The van der Waals surface area contributed by atoms with Gasteiger partial charge in [-0.1, -0.05) is 25.2 Å². The minimum absolute atomic E-state index is 0.0577. The molecule has 0 bridgehead atoms. The van der Waals surface area contributed by atoms with Crippen LogP contribution in [-0.2, 0) is 19.1 Å². The van der Waals surface area contributed by atoms with Crippen LogP contribution in [0.5, 0.6) is 0 Å². The van der Waals surface area contributed by atoms with Gasteiger partial charge in [-0.2, -0.15) is 11.8 Å². The summed E-state index contributed by atoms with van der Waals surface area (Å²) in [4.78, 5) is 23.5. The number of allylic oxidation sites excluding steroid dienone is 1. The number of hydrogen-bond acceptors (Lipinski definition) is 7. The van der Waals surface area contributed by atoms with E-state index in [1.54, 1.807) is 26.2 Å². The number of carboxylic acid groups (broad SMARTS) is 1. The van der Waals surface area contributed by atoms with Crippen molar-refractivity contribution in [2.75, 3.05) is 12.9 Å². The zero-order valence-electron chi connectivity index (χ0n) is 18.0. The number of carboxylic acids is 1. The molecule has 1 rings (SSSR count). The molecule has 0 saturated heterocycles. The summed E-state index contributed by atoms with van der Waals surface area (Å²) >= 11 is 1.15. The fraction of sp³-hybridized carbons (Fsp3) is 0.714. The minimum Gasteiger partial charge on any atom is -0.480 e. The van der Waals surface area contributed by atoms with Gasteiger partial charge in [-0.25, -0.2) is 0 Å². The zero-order chi connectivity index (χ0) is 22.2. The Morgan fingerprint density at radius 2 is 2.14 bits per heavy atom. The predicted octanol–water partition coefficient (Wildman–Crippen LogP) is 2.52. The SMILES string of the molecule is CO[C@@H]1/C=C/[C@](C)(O)[C@H](SC[C@H](N)C(=O)O)CC(=O)O[C@H](C)[C@@H](C)CCC=C1C. The normalized spacial score (nSPS) is 34.4. The standard InChI is InChI=1S/C21H35NO6S/c1-13-7-6-8-14(2)17(27-5)9-10-21(4,26)18(11-19(23)28-15(13)3)29-12-16(22)20(24)25/h8-10,13,15-18,26H,6-7,11-12,22H2,1-5H3,(H,24,25)/b10-9+,14-8?/t13-,15+,16-,17+,18+,21-/m0/s1. The molecule has 6 atom stereocenters. The van der Waals surface area contributed by atoms with E-state index in [4.69, 9.17) is 20.3 Å². The number of carbonyl (C=O) groups excluding carboxylic acids is 1. The van der Waals surface area contributed by atoms with Crippen molar-refractivity contribution in [3.63, 3.8) is 0 Å². The van der Waals surface area contributed by atoms with E-state index in [-0.39, 0.29) is 30.3 Å². The number of hydrogen-bond donors (Lipinski definition) is 3. The van der Waals surface area contributed by atoms with Crippen molar-refractivity contribution < 1.29 is 29.3 Å². The Bertz CT molecular complexity index is 618. The summed E-state index contributed by atoms with van der Waals surface area (Å²) in [5.74, 6) is -1.31. The average molecular weight is 430 g/mol. The molecule has 0 aliphatic carbocycles. The molecule has 0 radical (unpaired) electrons. The van der Waals surface area contributed by atoms with E-state index in [9.17, 15) is 14.7 Å². The molecule has 0 unspecified atom stereocenters. The lowest BCUT2D eigenvalue weighted by molar-refractivity contribution is -0.151. The Balaban J connectivity index is 3.17. The molecule has 8 heteroatoms. The molecule has 0 aromatic rings. The number of aliphatic carboxylic acids is 1. The number of methoxy groups -OCH3 is 1. The molecule has 0 fully saturated rings. The Labute approximate surface area is 177 Å². The predicted molar refractivity (Wildman–Crippen MR) is 115 cm³/mol. The van der Waals surface area contributed by atoms with E-state index in [2.05, 4.69) is 6.08 Å². The number of nitrogens with two attached hydrogens (primary N) is 1. The molecule has 0 aromatic heterocycles. The highest BCUT2D eigenvalue weighted by Crippen LogP contribution is 2.30. The average Bonchev–Trinajstić information content (AvgIpc) is 2.63. The summed E-state index contributed by atoms with van der Waals surface area (Å²) in [6.07, 6.45) is 6.56. The van der Waals surface area contributed by atoms with E-state index >= 15 is 0 Å². The third-order valence-corrected chi connectivity index (χ3v) is 6.91. The van der Waals surface area contributed by atoms with Crippen LogP contribution in [-0.4, -0.2) is 64.1 Å². The molecular formula is C21H35NO6S. The van der Waals surface area contributed by atoms with Gasteiger partial charge in [0.1, 0.15) is 12.1 Å². The first-order chi connectivity index (χ1) is 13.5. The van der Waals surface area contributed by atoms with E-state index in [1.807, 2.05) is 20.8 Å². The molecule has 0 aromatic carbocycles. The Kier molecular flexibility index (Phi) is 10.4. The van der Waals surface area contributed by atoms with Gasteiger partial charge in [0.15, 0.2) is 0 Å². The van der Waals surface area contributed by atoms with Crippen LogP contribution in [0.1, 0.15) is 47.0 Å². The number of aliphatic hydroxyl groups is 1. The molecule has 1 aliphatic rings. The van der Waals surface area contributed by atoms with Crippen LogP contribution in [0.4, 0.5) is 0 Å². The topological polar surface area (TPSA) is 119 Å². The monoisotopic (exact) mass is 429 g/mol. The molecule has 0 amide bonds. The first kappa shape index (κ1) is 25.7. The first-order valence-electron chi connectivity index (χ1n) is 9.88.